The van der Waals surface area contributed by atoms with E-state index in [0.29, 0.717) is 13.2 Å². The Kier molecular flexibility index (Phi) is 8.46. The number of hydrogen-bond acceptors (Lipinski definition) is 3. The number of amides is 1. The highest BCUT2D eigenvalue weighted by Gasteiger charge is 2.38. The highest BCUT2D eigenvalue weighted by atomic mass is 16.5. The first-order chi connectivity index (χ1) is 9.20. The van der Waals surface area contributed by atoms with Crippen molar-refractivity contribution in [1.82, 2.24) is 5.32 Å². The van der Waals surface area contributed by atoms with Gasteiger partial charge in [0, 0.05) is 19.6 Å². The lowest BCUT2D eigenvalue weighted by Crippen LogP contribution is -2.39. The van der Waals surface area contributed by atoms with Crippen LogP contribution >= 0.6 is 0 Å². The van der Waals surface area contributed by atoms with E-state index in [1.807, 2.05) is 27.7 Å². The molecule has 0 saturated carbocycles. The van der Waals surface area contributed by atoms with E-state index in [-0.39, 0.29) is 24.3 Å². The quantitative estimate of drug-likeness (QED) is 0.605. The SMILES string of the molecule is CC(C)OCCCCNC(=O)CC(C)(C(=O)O)C(C)C. The van der Waals surface area contributed by atoms with Crippen LogP contribution in [0.4, 0.5) is 0 Å². The fourth-order valence-corrected chi connectivity index (χ4v) is 1.70. The van der Waals surface area contributed by atoms with Crippen molar-refractivity contribution in [2.45, 2.75) is 60.0 Å². The van der Waals surface area contributed by atoms with Gasteiger partial charge in [-0.3, -0.25) is 9.59 Å². The third kappa shape index (κ3) is 6.89. The van der Waals surface area contributed by atoms with Gasteiger partial charge in [-0.2, -0.15) is 0 Å². The van der Waals surface area contributed by atoms with E-state index in [9.17, 15) is 14.7 Å². The average Bonchev–Trinajstić information content (AvgIpc) is 2.32. The molecule has 5 heteroatoms. The van der Waals surface area contributed by atoms with Gasteiger partial charge >= 0.3 is 5.97 Å². The van der Waals surface area contributed by atoms with Crippen molar-refractivity contribution in [1.29, 1.82) is 0 Å². The Labute approximate surface area is 122 Å². The summed E-state index contributed by atoms with van der Waals surface area (Å²) in [4.78, 5) is 23.1. The maximum atomic E-state index is 11.8. The van der Waals surface area contributed by atoms with Crippen molar-refractivity contribution in [3.05, 3.63) is 0 Å². The number of carboxylic acid groups (broad SMARTS) is 1. The largest absolute Gasteiger partial charge is 0.481 e. The number of rotatable bonds is 10. The molecule has 0 rings (SSSR count). The Morgan fingerprint density at radius 1 is 1.20 bits per heavy atom. The molecule has 0 aliphatic heterocycles. The first kappa shape index (κ1) is 18.9. The Morgan fingerprint density at radius 3 is 2.25 bits per heavy atom. The number of aliphatic carboxylic acids is 1. The molecule has 20 heavy (non-hydrogen) atoms. The number of carbonyl (C=O) groups is 2. The molecular formula is C15H29NO4. The van der Waals surface area contributed by atoms with Crippen molar-refractivity contribution in [3.8, 4) is 0 Å². The highest BCUT2D eigenvalue weighted by molar-refractivity contribution is 5.84. The molecule has 0 fully saturated rings. The lowest BCUT2D eigenvalue weighted by Gasteiger charge is -2.28. The molecule has 0 aromatic heterocycles. The van der Waals surface area contributed by atoms with Gasteiger partial charge in [0.2, 0.25) is 5.91 Å². The maximum absolute atomic E-state index is 11.8. The zero-order chi connectivity index (χ0) is 15.8. The predicted octanol–water partition coefficient (Wildman–Crippen LogP) is 2.44. The fourth-order valence-electron chi connectivity index (χ4n) is 1.70. The fraction of sp³-hybridized carbons (Fsp3) is 0.867. The van der Waals surface area contributed by atoms with Crippen molar-refractivity contribution in [3.63, 3.8) is 0 Å². The molecule has 2 N–H and O–H groups in total. The minimum atomic E-state index is -1.01. The summed E-state index contributed by atoms with van der Waals surface area (Å²) in [5, 5.41) is 12.0. The summed E-state index contributed by atoms with van der Waals surface area (Å²) in [5.74, 6) is -1.22. The van der Waals surface area contributed by atoms with Crippen LogP contribution in [0.5, 0.6) is 0 Å². The van der Waals surface area contributed by atoms with Gasteiger partial charge in [0.05, 0.1) is 11.5 Å². The van der Waals surface area contributed by atoms with Crippen LogP contribution < -0.4 is 5.32 Å². The molecule has 0 bridgehead atoms. The Balaban J connectivity index is 3.96. The minimum Gasteiger partial charge on any atom is -0.481 e. The third-order valence-electron chi connectivity index (χ3n) is 3.64. The molecule has 0 aliphatic carbocycles. The Morgan fingerprint density at radius 2 is 1.80 bits per heavy atom. The van der Waals surface area contributed by atoms with Crippen LogP contribution in [0.2, 0.25) is 0 Å². The van der Waals surface area contributed by atoms with Gasteiger partial charge < -0.3 is 15.2 Å². The van der Waals surface area contributed by atoms with Crippen molar-refractivity contribution in [2.75, 3.05) is 13.2 Å². The molecular weight excluding hydrogens is 258 g/mol. The number of carbonyl (C=O) groups excluding carboxylic acids is 1. The first-order valence-electron chi connectivity index (χ1n) is 7.31. The molecule has 0 spiro atoms. The van der Waals surface area contributed by atoms with Crippen LogP contribution in [0.15, 0.2) is 0 Å². The van der Waals surface area contributed by atoms with E-state index in [1.165, 1.54) is 0 Å². The molecule has 1 atom stereocenters. The van der Waals surface area contributed by atoms with E-state index in [1.54, 1.807) is 6.92 Å². The number of nitrogens with one attached hydrogen (secondary N) is 1. The summed E-state index contributed by atoms with van der Waals surface area (Å²) in [7, 11) is 0. The molecule has 0 aromatic rings. The lowest BCUT2D eigenvalue weighted by atomic mass is 9.76. The van der Waals surface area contributed by atoms with Gasteiger partial charge in [-0.05, 0) is 39.5 Å². The summed E-state index contributed by atoms with van der Waals surface area (Å²) in [6.45, 7) is 10.5. The lowest BCUT2D eigenvalue weighted by molar-refractivity contribution is -0.153. The van der Waals surface area contributed by atoms with E-state index in [0.717, 1.165) is 12.8 Å². The standard InChI is InChI=1S/C15H29NO4/c1-11(2)15(5,14(18)19)10-13(17)16-8-6-7-9-20-12(3)4/h11-12H,6-10H2,1-5H3,(H,16,17)(H,18,19). The van der Waals surface area contributed by atoms with Crippen LogP contribution in [-0.2, 0) is 14.3 Å². The van der Waals surface area contributed by atoms with E-state index in [4.69, 9.17) is 4.74 Å². The summed E-state index contributed by atoms with van der Waals surface area (Å²) in [6, 6.07) is 0. The molecule has 0 saturated heterocycles. The van der Waals surface area contributed by atoms with Gasteiger partial charge in [-0.15, -0.1) is 0 Å². The maximum Gasteiger partial charge on any atom is 0.310 e. The average molecular weight is 287 g/mol. The van der Waals surface area contributed by atoms with Crippen molar-refractivity contribution < 1.29 is 19.4 Å². The van der Waals surface area contributed by atoms with Crippen molar-refractivity contribution >= 4 is 11.9 Å². The van der Waals surface area contributed by atoms with E-state index < -0.39 is 11.4 Å². The zero-order valence-electron chi connectivity index (χ0n) is 13.4. The number of ether oxygens (including phenoxy) is 1. The summed E-state index contributed by atoms with van der Waals surface area (Å²) in [6.07, 6.45) is 1.97. The zero-order valence-corrected chi connectivity index (χ0v) is 13.4. The molecule has 118 valence electrons. The van der Waals surface area contributed by atoms with Gasteiger partial charge in [-0.1, -0.05) is 13.8 Å². The number of hydrogen-bond donors (Lipinski definition) is 2. The van der Waals surface area contributed by atoms with Crippen LogP contribution in [0.25, 0.3) is 0 Å². The van der Waals surface area contributed by atoms with Gasteiger partial charge in [0.25, 0.3) is 0 Å². The first-order valence-corrected chi connectivity index (χ1v) is 7.31. The minimum absolute atomic E-state index is 0.0164. The molecule has 0 aliphatic rings. The summed E-state index contributed by atoms with van der Waals surface area (Å²) < 4.78 is 5.40. The topological polar surface area (TPSA) is 75.6 Å². The van der Waals surface area contributed by atoms with Crippen LogP contribution in [0, 0.1) is 11.3 Å². The molecule has 0 heterocycles. The van der Waals surface area contributed by atoms with Gasteiger partial charge in [0.15, 0.2) is 0 Å². The second-order valence-corrected chi connectivity index (χ2v) is 6.03. The molecule has 1 unspecified atom stereocenters. The highest BCUT2D eigenvalue weighted by Crippen LogP contribution is 2.31. The Bertz CT molecular complexity index is 315. The van der Waals surface area contributed by atoms with Gasteiger partial charge in [0.1, 0.15) is 0 Å². The molecule has 0 aromatic carbocycles. The van der Waals surface area contributed by atoms with Crippen LogP contribution in [-0.4, -0.2) is 36.2 Å². The van der Waals surface area contributed by atoms with E-state index >= 15 is 0 Å². The van der Waals surface area contributed by atoms with Gasteiger partial charge in [-0.25, -0.2) is 0 Å². The molecule has 5 nitrogen and oxygen atoms in total. The van der Waals surface area contributed by atoms with E-state index in [2.05, 4.69) is 5.32 Å². The smallest absolute Gasteiger partial charge is 0.310 e. The third-order valence-corrected chi connectivity index (χ3v) is 3.64. The van der Waals surface area contributed by atoms with Crippen LogP contribution in [0.3, 0.4) is 0 Å². The summed E-state index contributed by atoms with van der Waals surface area (Å²) >= 11 is 0. The monoisotopic (exact) mass is 287 g/mol. The van der Waals surface area contributed by atoms with Crippen LogP contribution in [0.1, 0.15) is 53.9 Å². The molecule has 0 radical (unpaired) electrons. The second-order valence-electron chi connectivity index (χ2n) is 6.03. The number of carboxylic acids is 1. The molecule has 1 amide bonds. The normalized spacial score (nSPS) is 14.3. The van der Waals surface area contributed by atoms with Crippen molar-refractivity contribution in [2.24, 2.45) is 11.3 Å². The Hall–Kier alpha value is -1.10. The number of unbranched alkanes of at least 4 members (excludes halogenated alkanes) is 1. The predicted molar refractivity (Wildman–Crippen MR) is 78.5 cm³/mol. The summed E-state index contributed by atoms with van der Waals surface area (Å²) in [5.41, 5.74) is -1.01. The second kappa shape index (κ2) is 8.95.